The molecule has 0 bridgehead atoms. The van der Waals surface area contributed by atoms with Crippen molar-refractivity contribution in [2.75, 3.05) is 18.8 Å². The second kappa shape index (κ2) is 5.76. The van der Waals surface area contributed by atoms with Gasteiger partial charge in [0.25, 0.3) is 0 Å². The zero-order valence-corrected chi connectivity index (χ0v) is 11.8. The highest BCUT2D eigenvalue weighted by atomic mass is 32.2. The maximum Gasteiger partial charge on any atom is 0.410 e. The molecule has 0 spiro atoms. The molecule has 1 saturated heterocycles. The number of hydrogen-bond acceptors (Lipinski definition) is 4. The summed E-state index contributed by atoms with van der Waals surface area (Å²) < 4.78 is 5.31. The number of hydrogen-bond donors (Lipinski definition) is 0. The van der Waals surface area contributed by atoms with Crippen LogP contribution < -0.4 is 0 Å². The fraction of sp³-hybridized carbons (Fsp3) is 0.833. The molecule has 1 unspecified atom stereocenters. The zero-order chi connectivity index (χ0) is 13.1. The number of nitrogens with zero attached hydrogens (tertiary/aromatic N) is 1. The van der Waals surface area contributed by atoms with Crippen LogP contribution in [0.2, 0.25) is 0 Å². The fourth-order valence-corrected chi connectivity index (χ4v) is 2.44. The number of ether oxygens (including phenoxy) is 1. The minimum absolute atomic E-state index is 0.140. The van der Waals surface area contributed by atoms with Gasteiger partial charge >= 0.3 is 6.09 Å². The average Bonchev–Trinajstić information content (AvgIpc) is 2.60. The topological polar surface area (TPSA) is 46.6 Å². The number of thioether (sulfide) groups is 1. The Bertz CT molecular complexity index is 299. The summed E-state index contributed by atoms with van der Waals surface area (Å²) in [5.41, 5.74) is -0.441. The van der Waals surface area contributed by atoms with Gasteiger partial charge in [0.2, 0.25) is 0 Å². The van der Waals surface area contributed by atoms with Gasteiger partial charge in [0.1, 0.15) is 5.60 Å². The Hall–Kier alpha value is -0.710. The smallest absolute Gasteiger partial charge is 0.410 e. The second-order valence-corrected chi connectivity index (χ2v) is 6.58. The highest BCUT2D eigenvalue weighted by molar-refractivity contribution is 8.13. The van der Waals surface area contributed by atoms with E-state index in [2.05, 4.69) is 0 Å². The van der Waals surface area contributed by atoms with Gasteiger partial charge in [0, 0.05) is 25.8 Å². The van der Waals surface area contributed by atoms with E-state index in [0.717, 1.165) is 18.7 Å². The molecular formula is C12H21NO3S. The first-order chi connectivity index (χ1) is 7.78. The van der Waals surface area contributed by atoms with Crippen LogP contribution in [0, 0.1) is 5.92 Å². The third-order valence-corrected chi connectivity index (χ3v) is 3.50. The van der Waals surface area contributed by atoms with Crippen molar-refractivity contribution in [1.82, 2.24) is 4.90 Å². The normalized spacial score (nSPS) is 20.5. The minimum Gasteiger partial charge on any atom is -0.444 e. The molecule has 5 heteroatoms. The molecule has 0 saturated carbocycles. The van der Waals surface area contributed by atoms with Crippen LogP contribution in [0.4, 0.5) is 4.79 Å². The van der Waals surface area contributed by atoms with E-state index in [1.165, 1.54) is 11.8 Å². The first-order valence-corrected chi connectivity index (χ1v) is 6.88. The maximum atomic E-state index is 11.8. The third kappa shape index (κ3) is 5.44. The number of amides is 1. The Labute approximate surface area is 107 Å². The van der Waals surface area contributed by atoms with E-state index in [1.54, 1.807) is 11.8 Å². The van der Waals surface area contributed by atoms with Crippen molar-refractivity contribution in [3.63, 3.8) is 0 Å². The summed E-state index contributed by atoms with van der Waals surface area (Å²) in [7, 11) is 0. The van der Waals surface area contributed by atoms with Crippen molar-refractivity contribution in [2.24, 2.45) is 5.92 Å². The van der Waals surface area contributed by atoms with Gasteiger partial charge in [0.05, 0.1) is 0 Å². The van der Waals surface area contributed by atoms with E-state index in [0.29, 0.717) is 12.5 Å². The zero-order valence-electron chi connectivity index (χ0n) is 11.0. The summed E-state index contributed by atoms with van der Waals surface area (Å²) in [6, 6.07) is 0. The predicted molar refractivity (Wildman–Crippen MR) is 69.1 cm³/mol. The van der Waals surface area contributed by atoms with E-state index in [-0.39, 0.29) is 11.2 Å². The Balaban J connectivity index is 2.34. The minimum atomic E-state index is -0.441. The highest BCUT2D eigenvalue weighted by Gasteiger charge is 2.29. The number of rotatable bonds is 2. The molecule has 0 aromatic heterocycles. The van der Waals surface area contributed by atoms with E-state index in [4.69, 9.17) is 4.74 Å². The van der Waals surface area contributed by atoms with E-state index in [1.807, 2.05) is 20.8 Å². The molecule has 1 aliphatic heterocycles. The molecule has 1 aliphatic rings. The van der Waals surface area contributed by atoms with Crippen LogP contribution in [-0.2, 0) is 9.53 Å². The van der Waals surface area contributed by atoms with E-state index in [9.17, 15) is 9.59 Å². The third-order valence-electron chi connectivity index (χ3n) is 2.46. The van der Waals surface area contributed by atoms with E-state index < -0.39 is 5.60 Å². The van der Waals surface area contributed by atoms with Gasteiger partial charge in [-0.15, -0.1) is 0 Å². The van der Waals surface area contributed by atoms with Gasteiger partial charge in [-0.25, -0.2) is 4.79 Å². The van der Waals surface area contributed by atoms with Crippen molar-refractivity contribution in [1.29, 1.82) is 0 Å². The molecular weight excluding hydrogens is 238 g/mol. The largest absolute Gasteiger partial charge is 0.444 e. The molecule has 1 heterocycles. The van der Waals surface area contributed by atoms with Crippen molar-refractivity contribution in [2.45, 2.75) is 39.7 Å². The van der Waals surface area contributed by atoms with Gasteiger partial charge in [-0.2, -0.15) is 0 Å². The molecule has 1 rings (SSSR count). The lowest BCUT2D eigenvalue weighted by Gasteiger charge is -2.24. The van der Waals surface area contributed by atoms with Gasteiger partial charge in [-0.3, -0.25) is 4.79 Å². The van der Waals surface area contributed by atoms with Crippen LogP contribution in [0.15, 0.2) is 0 Å². The quantitative estimate of drug-likeness (QED) is 0.764. The van der Waals surface area contributed by atoms with Crippen LogP contribution in [0.3, 0.4) is 0 Å². The Morgan fingerprint density at radius 2 is 2.06 bits per heavy atom. The first-order valence-electron chi connectivity index (χ1n) is 5.89. The number of carbonyl (C=O) groups is 2. The Kier molecular flexibility index (Phi) is 4.86. The van der Waals surface area contributed by atoms with Crippen LogP contribution in [0.25, 0.3) is 0 Å². The molecule has 1 amide bonds. The maximum absolute atomic E-state index is 11.8. The molecule has 98 valence electrons. The van der Waals surface area contributed by atoms with Gasteiger partial charge in [0.15, 0.2) is 5.12 Å². The lowest BCUT2D eigenvalue weighted by molar-refractivity contribution is -0.109. The van der Waals surface area contributed by atoms with Gasteiger partial charge < -0.3 is 9.64 Å². The molecule has 0 aliphatic carbocycles. The summed E-state index contributed by atoms with van der Waals surface area (Å²) in [5.74, 6) is 1.21. The van der Waals surface area contributed by atoms with Crippen molar-refractivity contribution >= 4 is 23.0 Å². The Morgan fingerprint density at radius 3 is 2.59 bits per heavy atom. The number of carbonyl (C=O) groups excluding carboxylic acids is 2. The molecule has 1 fully saturated rings. The van der Waals surface area contributed by atoms with Crippen molar-refractivity contribution < 1.29 is 14.3 Å². The standard InChI is InChI=1S/C12H21NO3S/c1-9(14)17-8-10-5-6-13(7-10)11(15)16-12(2,3)4/h10H,5-8H2,1-4H3. The first kappa shape index (κ1) is 14.4. The molecule has 17 heavy (non-hydrogen) atoms. The summed E-state index contributed by atoms with van der Waals surface area (Å²) in [6.45, 7) is 8.61. The van der Waals surface area contributed by atoms with Crippen LogP contribution in [0.1, 0.15) is 34.1 Å². The lowest BCUT2D eigenvalue weighted by atomic mass is 10.2. The van der Waals surface area contributed by atoms with Gasteiger partial charge in [-0.05, 0) is 33.1 Å². The highest BCUT2D eigenvalue weighted by Crippen LogP contribution is 2.22. The summed E-state index contributed by atoms with van der Waals surface area (Å²) in [6.07, 6.45) is 0.715. The molecule has 0 aromatic carbocycles. The van der Waals surface area contributed by atoms with Crippen LogP contribution >= 0.6 is 11.8 Å². The second-order valence-electron chi connectivity index (χ2n) is 5.38. The molecule has 4 nitrogen and oxygen atoms in total. The monoisotopic (exact) mass is 259 g/mol. The molecule has 1 atom stereocenters. The molecule has 0 aromatic rings. The summed E-state index contributed by atoms with van der Waals surface area (Å²) in [5, 5.41) is 0.140. The van der Waals surface area contributed by atoms with E-state index >= 15 is 0 Å². The van der Waals surface area contributed by atoms with Crippen LogP contribution in [-0.4, -0.2) is 40.6 Å². The molecule has 0 N–H and O–H groups in total. The summed E-state index contributed by atoms with van der Waals surface area (Å²) >= 11 is 1.34. The number of likely N-dealkylation sites (tertiary alicyclic amines) is 1. The average molecular weight is 259 g/mol. The lowest BCUT2D eigenvalue weighted by Crippen LogP contribution is -2.35. The van der Waals surface area contributed by atoms with Crippen molar-refractivity contribution in [3.05, 3.63) is 0 Å². The fourth-order valence-electron chi connectivity index (χ4n) is 1.70. The van der Waals surface area contributed by atoms with Gasteiger partial charge in [-0.1, -0.05) is 11.8 Å². The van der Waals surface area contributed by atoms with Crippen molar-refractivity contribution in [3.8, 4) is 0 Å². The summed E-state index contributed by atoms with van der Waals surface area (Å²) in [4.78, 5) is 24.4. The molecule has 0 radical (unpaired) electrons. The predicted octanol–water partition coefficient (Wildman–Crippen LogP) is 2.52. The SMILES string of the molecule is CC(=O)SCC1CCN(C(=O)OC(C)(C)C)C1. The Morgan fingerprint density at radius 1 is 1.41 bits per heavy atom. The van der Waals surface area contributed by atoms with Crippen LogP contribution in [0.5, 0.6) is 0 Å².